The van der Waals surface area contributed by atoms with Gasteiger partial charge in [-0.1, -0.05) is 38.1 Å². The summed E-state index contributed by atoms with van der Waals surface area (Å²) in [5, 5.41) is 6.17. The Morgan fingerprint density at radius 1 is 1.19 bits per heavy atom. The second-order valence-corrected chi connectivity index (χ2v) is 7.33. The lowest BCUT2D eigenvalue weighted by Crippen LogP contribution is -2.26. The highest BCUT2D eigenvalue weighted by molar-refractivity contribution is 7.89. The van der Waals surface area contributed by atoms with Crippen molar-refractivity contribution in [1.29, 1.82) is 0 Å². The van der Waals surface area contributed by atoms with E-state index < -0.39 is 10.0 Å². The predicted molar refractivity (Wildman–Crippen MR) is 82.3 cm³/mol. The van der Waals surface area contributed by atoms with E-state index in [1.165, 1.54) is 18.0 Å². The molecule has 114 valence electrons. The van der Waals surface area contributed by atoms with E-state index in [0.717, 1.165) is 12.0 Å². The molecule has 0 amide bonds. The largest absolute Gasteiger partial charge is 0.284 e. The zero-order chi connectivity index (χ0) is 15.5. The first-order chi connectivity index (χ1) is 9.88. The molecule has 0 aliphatic rings. The van der Waals surface area contributed by atoms with Gasteiger partial charge >= 0.3 is 0 Å². The van der Waals surface area contributed by atoms with Gasteiger partial charge in [0.25, 0.3) is 0 Å². The average Bonchev–Trinajstić information content (AvgIpc) is 2.93. The predicted octanol–water partition coefficient (Wildman–Crippen LogP) is 2.65. The molecule has 2 aromatic rings. The van der Waals surface area contributed by atoms with Crippen LogP contribution in [0.3, 0.4) is 0 Å². The number of nitrogens with zero attached hydrogens (tertiary/aromatic N) is 1. The van der Waals surface area contributed by atoms with Crippen molar-refractivity contribution in [2.45, 2.75) is 38.1 Å². The van der Waals surface area contributed by atoms with Gasteiger partial charge in [-0.05, 0) is 30.4 Å². The zero-order valence-electron chi connectivity index (χ0n) is 12.5. The number of rotatable bonds is 6. The topological polar surface area (TPSA) is 74.8 Å². The van der Waals surface area contributed by atoms with Gasteiger partial charge in [-0.3, -0.25) is 5.10 Å². The molecule has 2 rings (SSSR count). The fourth-order valence-electron chi connectivity index (χ4n) is 2.17. The van der Waals surface area contributed by atoms with Crippen molar-refractivity contribution >= 4 is 10.0 Å². The average molecular weight is 307 g/mol. The van der Waals surface area contributed by atoms with E-state index in [0.29, 0.717) is 5.92 Å². The lowest BCUT2D eigenvalue weighted by molar-refractivity contribution is 0.567. The summed E-state index contributed by atoms with van der Waals surface area (Å²) in [6.45, 7) is 6.18. The maximum absolute atomic E-state index is 12.1. The van der Waals surface area contributed by atoms with Crippen LogP contribution in [0.5, 0.6) is 0 Å². The Bertz CT molecular complexity index is 661. The summed E-state index contributed by atoms with van der Waals surface area (Å²) < 4.78 is 26.9. The highest BCUT2D eigenvalue weighted by Gasteiger charge is 2.19. The molecular formula is C15H21N3O2S. The molecule has 1 unspecified atom stereocenters. The molecule has 21 heavy (non-hydrogen) atoms. The third-order valence-electron chi connectivity index (χ3n) is 3.24. The summed E-state index contributed by atoms with van der Waals surface area (Å²) in [6.07, 6.45) is 3.68. The van der Waals surface area contributed by atoms with Gasteiger partial charge in [-0.15, -0.1) is 0 Å². The van der Waals surface area contributed by atoms with E-state index in [9.17, 15) is 8.42 Å². The Morgan fingerprint density at radius 3 is 2.38 bits per heavy atom. The Labute approximate surface area is 125 Å². The van der Waals surface area contributed by atoms with Crippen molar-refractivity contribution < 1.29 is 8.42 Å². The van der Waals surface area contributed by atoms with Crippen LogP contribution in [0, 0.1) is 5.92 Å². The van der Waals surface area contributed by atoms with Crippen LogP contribution in [0.25, 0.3) is 0 Å². The normalized spacial score (nSPS) is 13.5. The van der Waals surface area contributed by atoms with E-state index >= 15 is 0 Å². The quantitative estimate of drug-likeness (QED) is 0.861. The first-order valence-electron chi connectivity index (χ1n) is 6.98. The molecule has 0 spiro atoms. The maximum atomic E-state index is 12.1. The smallest absolute Gasteiger partial charge is 0.244 e. The number of H-pyrrole nitrogens is 1. The third kappa shape index (κ3) is 4.15. The summed E-state index contributed by atoms with van der Waals surface area (Å²) in [5.41, 5.74) is 2.20. The number of hydrogen-bond acceptors (Lipinski definition) is 3. The van der Waals surface area contributed by atoms with Crippen molar-refractivity contribution in [3.05, 3.63) is 47.8 Å². The minimum absolute atomic E-state index is 0.144. The molecule has 2 N–H and O–H groups in total. The molecule has 1 heterocycles. The number of hydrogen-bond donors (Lipinski definition) is 2. The van der Waals surface area contributed by atoms with Crippen molar-refractivity contribution in [3.8, 4) is 0 Å². The van der Waals surface area contributed by atoms with Crippen LogP contribution >= 0.6 is 0 Å². The monoisotopic (exact) mass is 307 g/mol. The van der Waals surface area contributed by atoms with Crippen molar-refractivity contribution in [1.82, 2.24) is 14.9 Å². The number of nitrogens with one attached hydrogen (secondary N) is 2. The van der Waals surface area contributed by atoms with Crippen molar-refractivity contribution in [2.75, 3.05) is 0 Å². The minimum Gasteiger partial charge on any atom is -0.284 e. The second kappa shape index (κ2) is 6.41. The summed E-state index contributed by atoms with van der Waals surface area (Å²) in [6, 6.07) is 7.76. The molecule has 0 aliphatic heterocycles. The van der Waals surface area contributed by atoms with Crippen molar-refractivity contribution in [2.24, 2.45) is 5.92 Å². The third-order valence-corrected chi connectivity index (χ3v) is 4.75. The van der Waals surface area contributed by atoms with Crippen LogP contribution in [0.4, 0.5) is 0 Å². The standard InChI is InChI=1S/C15H21N3O2S/c1-11(2)8-13-4-6-14(7-5-13)12(3)18-21(19,20)15-9-16-17-10-15/h4-7,9-12,18H,8H2,1-3H3,(H,16,17). The Kier molecular flexibility index (Phi) is 4.80. The Hall–Kier alpha value is -1.66. The van der Waals surface area contributed by atoms with Crippen LogP contribution in [-0.4, -0.2) is 18.6 Å². The molecule has 0 radical (unpaired) electrons. The molecule has 1 atom stereocenters. The van der Waals surface area contributed by atoms with Gasteiger partial charge in [0.05, 0.1) is 6.20 Å². The molecule has 0 bridgehead atoms. The minimum atomic E-state index is -3.54. The molecule has 1 aromatic heterocycles. The molecule has 0 saturated carbocycles. The van der Waals surface area contributed by atoms with Gasteiger partial charge in [0.1, 0.15) is 4.90 Å². The maximum Gasteiger partial charge on any atom is 0.244 e. The van der Waals surface area contributed by atoms with Gasteiger partial charge in [-0.25, -0.2) is 13.1 Å². The van der Waals surface area contributed by atoms with E-state index in [1.807, 2.05) is 19.1 Å². The number of aromatic amines is 1. The van der Waals surface area contributed by atoms with E-state index in [2.05, 4.69) is 40.9 Å². The van der Waals surface area contributed by atoms with E-state index in [1.54, 1.807) is 0 Å². The fraction of sp³-hybridized carbons (Fsp3) is 0.400. The lowest BCUT2D eigenvalue weighted by Gasteiger charge is -2.14. The first-order valence-corrected chi connectivity index (χ1v) is 8.47. The molecule has 1 aromatic carbocycles. The van der Waals surface area contributed by atoms with Gasteiger partial charge in [0, 0.05) is 12.2 Å². The highest BCUT2D eigenvalue weighted by atomic mass is 32.2. The molecule has 0 saturated heterocycles. The zero-order valence-corrected chi connectivity index (χ0v) is 13.3. The van der Waals surface area contributed by atoms with Crippen LogP contribution in [0.2, 0.25) is 0 Å². The number of benzene rings is 1. The lowest BCUT2D eigenvalue weighted by atomic mass is 10.0. The summed E-state index contributed by atoms with van der Waals surface area (Å²) in [7, 11) is -3.54. The summed E-state index contributed by atoms with van der Waals surface area (Å²) in [5.74, 6) is 0.605. The van der Waals surface area contributed by atoms with Gasteiger partial charge < -0.3 is 0 Å². The number of sulfonamides is 1. The summed E-state index contributed by atoms with van der Waals surface area (Å²) in [4.78, 5) is 0.144. The van der Waals surface area contributed by atoms with Gasteiger partial charge in [0.2, 0.25) is 10.0 Å². The molecule has 6 heteroatoms. The fourth-order valence-corrected chi connectivity index (χ4v) is 3.31. The van der Waals surface area contributed by atoms with Crippen molar-refractivity contribution in [3.63, 3.8) is 0 Å². The van der Waals surface area contributed by atoms with Crippen LogP contribution < -0.4 is 4.72 Å². The van der Waals surface area contributed by atoms with Crippen LogP contribution in [0.15, 0.2) is 41.6 Å². The highest BCUT2D eigenvalue weighted by Crippen LogP contribution is 2.18. The SMILES string of the molecule is CC(C)Cc1ccc(C(C)NS(=O)(=O)c2cn[nH]c2)cc1. The van der Waals surface area contributed by atoms with E-state index in [4.69, 9.17) is 0 Å². The molecule has 5 nitrogen and oxygen atoms in total. The molecular weight excluding hydrogens is 286 g/mol. The Balaban J connectivity index is 2.08. The second-order valence-electron chi connectivity index (χ2n) is 5.62. The Morgan fingerprint density at radius 2 is 1.86 bits per heavy atom. The first kappa shape index (κ1) is 15.7. The molecule has 0 fully saturated rings. The van der Waals surface area contributed by atoms with E-state index in [-0.39, 0.29) is 10.9 Å². The van der Waals surface area contributed by atoms with Gasteiger partial charge in [-0.2, -0.15) is 5.10 Å². The van der Waals surface area contributed by atoms with Crippen LogP contribution in [-0.2, 0) is 16.4 Å². The van der Waals surface area contributed by atoms with Gasteiger partial charge in [0.15, 0.2) is 0 Å². The summed E-state index contributed by atoms with van der Waals surface area (Å²) >= 11 is 0. The molecule has 0 aliphatic carbocycles. The number of aromatic nitrogens is 2. The van der Waals surface area contributed by atoms with Crippen LogP contribution in [0.1, 0.15) is 37.9 Å².